The third-order valence-corrected chi connectivity index (χ3v) is 5.93. The second kappa shape index (κ2) is 4.59. The van der Waals surface area contributed by atoms with E-state index in [1.54, 1.807) is 4.68 Å². The van der Waals surface area contributed by atoms with E-state index in [9.17, 15) is 8.42 Å². The normalized spacial score (nSPS) is 24.3. The molecule has 1 unspecified atom stereocenters. The number of anilines is 1. The third kappa shape index (κ3) is 2.55. The van der Waals surface area contributed by atoms with Gasteiger partial charge in [0.25, 0.3) is 0 Å². The minimum atomic E-state index is -3.00. The molecule has 3 rings (SSSR count). The monoisotopic (exact) mass is 305 g/mol. The van der Waals surface area contributed by atoms with E-state index < -0.39 is 15.4 Å². The molecule has 1 atom stereocenters. The Morgan fingerprint density at radius 1 is 1.33 bits per heavy atom. The topological polar surface area (TPSA) is 78.0 Å². The van der Waals surface area contributed by atoms with Gasteiger partial charge in [-0.1, -0.05) is 23.8 Å². The first-order valence-electron chi connectivity index (χ1n) is 6.93. The van der Waals surface area contributed by atoms with Gasteiger partial charge in [0.05, 0.1) is 22.7 Å². The van der Waals surface area contributed by atoms with Crippen molar-refractivity contribution in [3.05, 3.63) is 35.9 Å². The fourth-order valence-electron chi connectivity index (χ4n) is 2.93. The summed E-state index contributed by atoms with van der Waals surface area (Å²) in [6, 6.07) is 9.83. The highest BCUT2D eigenvalue weighted by molar-refractivity contribution is 7.91. The summed E-state index contributed by atoms with van der Waals surface area (Å²) in [7, 11) is -3.00. The molecule has 1 saturated heterocycles. The van der Waals surface area contributed by atoms with Gasteiger partial charge >= 0.3 is 0 Å². The maximum absolute atomic E-state index is 11.8. The molecule has 0 saturated carbocycles. The summed E-state index contributed by atoms with van der Waals surface area (Å²) in [6.07, 6.45) is 0.550. The van der Waals surface area contributed by atoms with Crippen LogP contribution < -0.4 is 5.73 Å². The van der Waals surface area contributed by atoms with Crippen molar-refractivity contribution in [3.63, 3.8) is 0 Å². The third-order valence-electron chi connectivity index (χ3n) is 4.04. The maximum Gasteiger partial charge on any atom is 0.152 e. The number of benzene rings is 1. The summed E-state index contributed by atoms with van der Waals surface area (Å²) in [5.74, 6) is 0.799. The largest absolute Gasteiger partial charge is 0.384 e. The first kappa shape index (κ1) is 14.1. The van der Waals surface area contributed by atoms with Crippen molar-refractivity contribution >= 4 is 15.7 Å². The molecule has 0 aliphatic carbocycles. The summed E-state index contributed by atoms with van der Waals surface area (Å²) < 4.78 is 25.2. The molecule has 21 heavy (non-hydrogen) atoms. The highest BCUT2D eigenvalue weighted by Crippen LogP contribution is 2.34. The van der Waals surface area contributed by atoms with Crippen molar-refractivity contribution < 1.29 is 8.42 Å². The Hall–Kier alpha value is -1.82. The fourth-order valence-corrected chi connectivity index (χ4v) is 5.04. The quantitative estimate of drug-likeness (QED) is 0.920. The highest BCUT2D eigenvalue weighted by Gasteiger charge is 2.41. The van der Waals surface area contributed by atoms with E-state index in [2.05, 4.69) is 5.10 Å². The lowest BCUT2D eigenvalue weighted by molar-refractivity contribution is 0.335. The van der Waals surface area contributed by atoms with E-state index in [0.717, 1.165) is 16.8 Å². The number of nitrogens with two attached hydrogens (primary N) is 1. The molecule has 0 bridgehead atoms. The fraction of sp³-hybridized carbons (Fsp3) is 0.400. The zero-order chi connectivity index (χ0) is 15.3. The first-order chi connectivity index (χ1) is 9.79. The SMILES string of the molecule is Cc1cccc(-c2cc(N)n(C3(C)CCS(=O)(=O)C3)n2)c1. The van der Waals surface area contributed by atoms with E-state index in [1.165, 1.54) is 0 Å². The van der Waals surface area contributed by atoms with Crippen molar-refractivity contribution in [2.45, 2.75) is 25.8 Å². The van der Waals surface area contributed by atoms with Crippen LogP contribution in [0, 0.1) is 6.92 Å². The van der Waals surface area contributed by atoms with Crippen LogP contribution in [0.1, 0.15) is 18.9 Å². The number of sulfone groups is 1. The Bertz CT molecular complexity index is 795. The van der Waals surface area contributed by atoms with Gasteiger partial charge in [-0.25, -0.2) is 13.1 Å². The molecule has 5 nitrogen and oxygen atoms in total. The molecule has 6 heteroatoms. The van der Waals surface area contributed by atoms with Crippen LogP contribution in [0.15, 0.2) is 30.3 Å². The van der Waals surface area contributed by atoms with Crippen molar-refractivity contribution in [3.8, 4) is 11.3 Å². The van der Waals surface area contributed by atoms with Gasteiger partial charge in [-0.2, -0.15) is 5.10 Å². The number of nitrogen functional groups attached to an aromatic ring is 1. The summed E-state index contributed by atoms with van der Waals surface area (Å²) in [6.45, 7) is 3.93. The van der Waals surface area contributed by atoms with Crippen molar-refractivity contribution in [1.82, 2.24) is 9.78 Å². The van der Waals surface area contributed by atoms with Gasteiger partial charge in [-0.15, -0.1) is 0 Å². The summed E-state index contributed by atoms with van der Waals surface area (Å²) in [5.41, 5.74) is 8.44. The van der Waals surface area contributed by atoms with Crippen LogP contribution in [0.4, 0.5) is 5.82 Å². The van der Waals surface area contributed by atoms with Crippen molar-refractivity contribution in [2.75, 3.05) is 17.2 Å². The van der Waals surface area contributed by atoms with Gasteiger partial charge in [0.1, 0.15) is 5.82 Å². The zero-order valence-corrected chi connectivity index (χ0v) is 13.0. The van der Waals surface area contributed by atoms with E-state index in [4.69, 9.17) is 5.73 Å². The molecule has 1 aliphatic heterocycles. The first-order valence-corrected chi connectivity index (χ1v) is 8.75. The second-order valence-electron chi connectivity index (χ2n) is 6.07. The lowest BCUT2D eigenvalue weighted by Gasteiger charge is -2.24. The van der Waals surface area contributed by atoms with Crippen LogP contribution >= 0.6 is 0 Å². The summed E-state index contributed by atoms with van der Waals surface area (Å²) in [4.78, 5) is 0. The van der Waals surface area contributed by atoms with Crippen LogP contribution in [0.25, 0.3) is 11.3 Å². The van der Waals surface area contributed by atoms with Crippen LogP contribution in [-0.2, 0) is 15.4 Å². The van der Waals surface area contributed by atoms with Crippen LogP contribution in [0.3, 0.4) is 0 Å². The molecule has 0 spiro atoms. The molecular weight excluding hydrogens is 286 g/mol. The van der Waals surface area contributed by atoms with Crippen molar-refractivity contribution in [1.29, 1.82) is 0 Å². The molecule has 2 N–H and O–H groups in total. The van der Waals surface area contributed by atoms with E-state index in [0.29, 0.717) is 12.2 Å². The standard InChI is InChI=1S/C15H19N3O2S/c1-11-4-3-5-12(8-11)13-9-14(16)18(17-13)15(2)6-7-21(19,20)10-15/h3-5,8-9H,6-7,10,16H2,1-2H3. The molecule has 2 aromatic rings. The van der Waals surface area contributed by atoms with Gasteiger partial charge in [-0.3, -0.25) is 0 Å². The number of nitrogens with zero attached hydrogens (tertiary/aromatic N) is 2. The molecule has 1 aromatic carbocycles. The molecule has 0 radical (unpaired) electrons. The van der Waals surface area contributed by atoms with E-state index in [-0.39, 0.29) is 11.5 Å². The number of rotatable bonds is 2. The number of aromatic nitrogens is 2. The Morgan fingerprint density at radius 2 is 2.10 bits per heavy atom. The lowest BCUT2D eigenvalue weighted by atomic mass is 10.0. The Labute approximate surface area is 124 Å². The Kier molecular flexibility index (Phi) is 3.09. The number of aryl methyl sites for hydroxylation is 1. The van der Waals surface area contributed by atoms with Crippen LogP contribution in [0.2, 0.25) is 0 Å². The van der Waals surface area contributed by atoms with Gasteiger partial charge < -0.3 is 5.73 Å². The average molecular weight is 305 g/mol. The number of hydrogen-bond acceptors (Lipinski definition) is 4. The van der Waals surface area contributed by atoms with Gasteiger partial charge in [-0.05, 0) is 26.3 Å². The predicted molar refractivity (Wildman–Crippen MR) is 83.7 cm³/mol. The molecule has 1 fully saturated rings. The number of hydrogen-bond donors (Lipinski definition) is 1. The molecule has 2 heterocycles. The van der Waals surface area contributed by atoms with Crippen LogP contribution in [0.5, 0.6) is 0 Å². The molecule has 1 aliphatic rings. The molecule has 112 valence electrons. The maximum atomic E-state index is 11.8. The van der Waals surface area contributed by atoms with Crippen molar-refractivity contribution in [2.24, 2.45) is 0 Å². The van der Waals surface area contributed by atoms with Gasteiger partial charge in [0.2, 0.25) is 0 Å². The molecule has 0 amide bonds. The molecule has 1 aromatic heterocycles. The van der Waals surface area contributed by atoms with E-state index in [1.807, 2.05) is 44.2 Å². The lowest BCUT2D eigenvalue weighted by Crippen LogP contribution is -2.33. The summed E-state index contributed by atoms with van der Waals surface area (Å²) >= 11 is 0. The molecular formula is C15H19N3O2S. The van der Waals surface area contributed by atoms with Gasteiger partial charge in [0, 0.05) is 11.6 Å². The smallest absolute Gasteiger partial charge is 0.152 e. The highest BCUT2D eigenvalue weighted by atomic mass is 32.2. The average Bonchev–Trinajstić information content (AvgIpc) is 2.91. The second-order valence-corrected chi connectivity index (χ2v) is 8.26. The summed E-state index contributed by atoms with van der Waals surface area (Å²) in [5, 5.41) is 4.57. The Balaban J connectivity index is 2.03. The zero-order valence-electron chi connectivity index (χ0n) is 12.2. The Morgan fingerprint density at radius 3 is 2.71 bits per heavy atom. The van der Waals surface area contributed by atoms with E-state index >= 15 is 0 Å². The minimum absolute atomic E-state index is 0.0964. The predicted octanol–water partition coefficient (Wildman–Crippen LogP) is 1.97. The van der Waals surface area contributed by atoms with Gasteiger partial charge in [0.15, 0.2) is 9.84 Å². The minimum Gasteiger partial charge on any atom is -0.384 e. The van der Waals surface area contributed by atoms with Crippen LogP contribution in [-0.4, -0.2) is 29.7 Å².